The molecule has 1 unspecified atom stereocenters. The number of hydrogen-bond acceptors (Lipinski definition) is 5. The standard InChI is InChI=1S/C18H34N6/c1-14(2)16(17-19-20-21-24(17)18(3,4)5)23-12-10-22(11-13-23)15-8-6-7-9-15/h14-16H,6-13H2,1-5H3. The summed E-state index contributed by atoms with van der Waals surface area (Å²) in [6.45, 7) is 15.7. The molecule has 2 heterocycles. The Balaban J connectivity index is 1.72. The third kappa shape index (κ3) is 3.64. The normalized spacial score (nSPS) is 23.2. The molecule has 0 bridgehead atoms. The third-order valence-corrected chi connectivity index (χ3v) is 5.61. The van der Waals surface area contributed by atoms with E-state index in [0.29, 0.717) is 12.0 Å². The zero-order valence-corrected chi connectivity index (χ0v) is 16.1. The second-order valence-electron chi connectivity index (χ2n) is 8.82. The van der Waals surface area contributed by atoms with Crippen molar-refractivity contribution in [1.29, 1.82) is 0 Å². The van der Waals surface area contributed by atoms with Gasteiger partial charge in [-0.05, 0) is 50.0 Å². The fourth-order valence-electron chi connectivity index (χ4n) is 4.39. The average Bonchev–Trinajstić information content (AvgIpc) is 3.18. The van der Waals surface area contributed by atoms with Crippen LogP contribution in [0.2, 0.25) is 0 Å². The summed E-state index contributed by atoms with van der Waals surface area (Å²) in [7, 11) is 0. The lowest BCUT2D eigenvalue weighted by Crippen LogP contribution is -2.51. The van der Waals surface area contributed by atoms with Crippen molar-refractivity contribution < 1.29 is 0 Å². The average molecular weight is 335 g/mol. The van der Waals surface area contributed by atoms with Crippen LogP contribution < -0.4 is 0 Å². The largest absolute Gasteiger partial charge is 0.298 e. The van der Waals surface area contributed by atoms with Crippen LogP contribution in [-0.2, 0) is 5.54 Å². The molecule has 0 spiro atoms. The van der Waals surface area contributed by atoms with Crippen LogP contribution in [0.1, 0.15) is 72.2 Å². The highest BCUT2D eigenvalue weighted by Gasteiger charge is 2.35. The van der Waals surface area contributed by atoms with Gasteiger partial charge in [0.05, 0.1) is 11.6 Å². The summed E-state index contributed by atoms with van der Waals surface area (Å²) < 4.78 is 2.01. The molecular formula is C18H34N6. The Morgan fingerprint density at radius 1 is 1.00 bits per heavy atom. The molecule has 3 rings (SSSR count). The molecule has 6 heteroatoms. The Hall–Kier alpha value is -1.01. The van der Waals surface area contributed by atoms with Crippen LogP contribution in [0.15, 0.2) is 0 Å². The molecule has 1 aliphatic heterocycles. The zero-order valence-electron chi connectivity index (χ0n) is 16.1. The molecule has 0 N–H and O–H groups in total. The highest BCUT2D eigenvalue weighted by Crippen LogP contribution is 2.31. The van der Waals surface area contributed by atoms with Gasteiger partial charge in [-0.3, -0.25) is 9.80 Å². The number of rotatable bonds is 4. The minimum atomic E-state index is -0.0857. The van der Waals surface area contributed by atoms with Gasteiger partial charge in [-0.2, -0.15) is 0 Å². The van der Waals surface area contributed by atoms with E-state index >= 15 is 0 Å². The van der Waals surface area contributed by atoms with Crippen LogP contribution >= 0.6 is 0 Å². The lowest BCUT2D eigenvalue weighted by Gasteiger charge is -2.42. The van der Waals surface area contributed by atoms with Crippen molar-refractivity contribution in [2.75, 3.05) is 26.2 Å². The molecule has 136 valence electrons. The molecule has 2 fully saturated rings. The number of nitrogens with zero attached hydrogens (tertiary/aromatic N) is 6. The first-order chi connectivity index (χ1) is 11.4. The first-order valence-corrected chi connectivity index (χ1v) is 9.65. The predicted molar refractivity (Wildman–Crippen MR) is 95.8 cm³/mol. The second-order valence-corrected chi connectivity index (χ2v) is 8.82. The number of piperazine rings is 1. The van der Waals surface area contributed by atoms with E-state index in [1.54, 1.807) is 0 Å². The lowest BCUT2D eigenvalue weighted by molar-refractivity contribution is 0.0481. The maximum Gasteiger partial charge on any atom is 0.169 e. The summed E-state index contributed by atoms with van der Waals surface area (Å²) in [6.07, 6.45) is 5.63. The zero-order chi connectivity index (χ0) is 17.3. The van der Waals surface area contributed by atoms with Crippen molar-refractivity contribution in [3.8, 4) is 0 Å². The van der Waals surface area contributed by atoms with Crippen LogP contribution in [-0.4, -0.2) is 62.2 Å². The van der Waals surface area contributed by atoms with E-state index in [1.807, 2.05) is 4.68 Å². The van der Waals surface area contributed by atoms with Gasteiger partial charge in [0.25, 0.3) is 0 Å². The highest BCUT2D eigenvalue weighted by atomic mass is 15.6. The van der Waals surface area contributed by atoms with E-state index in [1.165, 1.54) is 38.8 Å². The molecule has 6 nitrogen and oxygen atoms in total. The molecule has 1 saturated carbocycles. The molecule has 1 aromatic rings. The van der Waals surface area contributed by atoms with Gasteiger partial charge in [-0.25, -0.2) is 4.68 Å². The van der Waals surface area contributed by atoms with Crippen LogP contribution in [0, 0.1) is 5.92 Å². The summed E-state index contributed by atoms with van der Waals surface area (Å²) in [4.78, 5) is 5.32. The van der Waals surface area contributed by atoms with E-state index in [-0.39, 0.29) is 5.54 Å². The molecule has 0 aromatic carbocycles. The number of tetrazole rings is 1. The monoisotopic (exact) mass is 334 g/mol. The van der Waals surface area contributed by atoms with E-state index in [4.69, 9.17) is 0 Å². The Labute approximate surface area is 146 Å². The molecule has 1 aliphatic carbocycles. The smallest absolute Gasteiger partial charge is 0.169 e. The molecule has 1 aromatic heterocycles. The third-order valence-electron chi connectivity index (χ3n) is 5.61. The first kappa shape index (κ1) is 17.8. The number of hydrogen-bond donors (Lipinski definition) is 0. The Morgan fingerprint density at radius 3 is 2.17 bits per heavy atom. The van der Waals surface area contributed by atoms with E-state index in [9.17, 15) is 0 Å². The molecule has 2 aliphatic rings. The molecule has 0 amide bonds. The quantitative estimate of drug-likeness (QED) is 0.847. The van der Waals surface area contributed by atoms with E-state index in [0.717, 1.165) is 25.0 Å². The van der Waals surface area contributed by atoms with Crippen LogP contribution in [0.25, 0.3) is 0 Å². The summed E-state index contributed by atoms with van der Waals surface area (Å²) in [5.74, 6) is 1.52. The molecule has 1 saturated heterocycles. The van der Waals surface area contributed by atoms with Gasteiger partial charge in [0.2, 0.25) is 0 Å². The lowest BCUT2D eigenvalue weighted by atomic mass is 9.99. The fourth-order valence-corrected chi connectivity index (χ4v) is 4.39. The van der Waals surface area contributed by atoms with Crippen molar-refractivity contribution in [3.63, 3.8) is 0 Å². The SMILES string of the molecule is CC(C)C(c1nnnn1C(C)(C)C)N1CCN(C2CCCC2)CC1. The van der Waals surface area contributed by atoms with Gasteiger partial charge in [-0.1, -0.05) is 26.7 Å². The molecular weight excluding hydrogens is 300 g/mol. The summed E-state index contributed by atoms with van der Waals surface area (Å²) >= 11 is 0. The van der Waals surface area contributed by atoms with E-state index in [2.05, 4.69) is 59.9 Å². The Kier molecular flexibility index (Phi) is 5.25. The molecule has 24 heavy (non-hydrogen) atoms. The van der Waals surface area contributed by atoms with Crippen molar-refractivity contribution in [2.45, 2.75) is 77.9 Å². The highest BCUT2D eigenvalue weighted by molar-refractivity contribution is 4.99. The molecule has 0 radical (unpaired) electrons. The molecule has 1 atom stereocenters. The minimum Gasteiger partial charge on any atom is -0.298 e. The van der Waals surface area contributed by atoms with Gasteiger partial charge in [0.1, 0.15) is 0 Å². The van der Waals surface area contributed by atoms with Gasteiger partial charge in [-0.15, -0.1) is 5.10 Å². The Bertz CT molecular complexity index is 518. The van der Waals surface area contributed by atoms with Crippen LogP contribution in [0.3, 0.4) is 0 Å². The van der Waals surface area contributed by atoms with E-state index < -0.39 is 0 Å². The van der Waals surface area contributed by atoms with Crippen molar-refractivity contribution in [3.05, 3.63) is 5.82 Å². The van der Waals surface area contributed by atoms with Gasteiger partial charge < -0.3 is 0 Å². The predicted octanol–water partition coefficient (Wildman–Crippen LogP) is 2.69. The second kappa shape index (κ2) is 7.08. The topological polar surface area (TPSA) is 50.1 Å². The Morgan fingerprint density at radius 2 is 1.62 bits per heavy atom. The summed E-state index contributed by atoms with van der Waals surface area (Å²) in [6, 6.07) is 1.13. The first-order valence-electron chi connectivity index (χ1n) is 9.65. The van der Waals surface area contributed by atoms with Crippen molar-refractivity contribution in [2.24, 2.45) is 5.92 Å². The maximum atomic E-state index is 4.42. The van der Waals surface area contributed by atoms with Gasteiger partial charge >= 0.3 is 0 Å². The summed E-state index contributed by atoms with van der Waals surface area (Å²) in [5.41, 5.74) is -0.0857. The van der Waals surface area contributed by atoms with Crippen molar-refractivity contribution in [1.82, 2.24) is 30.0 Å². The minimum absolute atomic E-state index is 0.0857. The van der Waals surface area contributed by atoms with Crippen molar-refractivity contribution >= 4 is 0 Å². The number of aromatic nitrogens is 4. The van der Waals surface area contributed by atoms with Crippen LogP contribution in [0.5, 0.6) is 0 Å². The summed E-state index contributed by atoms with van der Waals surface area (Å²) in [5, 5.41) is 12.7. The maximum absolute atomic E-state index is 4.42. The fraction of sp³-hybridized carbons (Fsp3) is 0.944. The van der Waals surface area contributed by atoms with Gasteiger partial charge in [0.15, 0.2) is 5.82 Å². The van der Waals surface area contributed by atoms with Gasteiger partial charge in [0, 0.05) is 32.2 Å². The van der Waals surface area contributed by atoms with Crippen LogP contribution in [0.4, 0.5) is 0 Å².